The van der Waals surface area contributed by atoms with E-state index in [1.54, 1.807) is 58.2 Å². The standard InChI is InChI=1S/C25H34FN6O7PS/c1-14(2)37-22(34)15(3)31-40(41,39-16-10-8-7-9-11-16)36-12-17-19(33)25(4,26)23(38-17)32-13-28-18-20(32)29-24(27-5)30-21(18)35-6/h7-11,13-15,17,19,23,33H,12H2,1-6H3,(H,31,41)(H,27,29,30). The topological polar surface area (TPSA) is 151 Å². The van der Waals surface area contributed by atoms with E-state index in [4.69, 9.17) is 35.1 Å². The van der Waals surface area contributed by atoms with E-state index in [0.717, 1.165) is 0 Å². The number of aromatic nitrogens is 4. The molecule has 0 radical (unpaired) electrons. The van der Waals surface area contributed by atoms with Crippen molar-refractivity contribution in [2.45, 2.75) is 63.9 Å². The highest BCUT2D eigenvalue weighted by Crippen LogP contribution is 2.48. The number of methoxy groups -OCH3 is 1. The normalized spacial score (nSPS) is 24.7. The molecule has 0 bridgehead atoms. The van der Waals surface area contributed by atoms with Crippen molar-refractivity contribution in [1.29, 1.82) is 0 Å². The summed E-state index contributed by atoms with van der Waals surface area (Å²) in [4.78, 5) is 25.3. The first-order chi connectivity index (χ1) is 19.4. The molecule has 6 atom stereocenters. The lowest BCUT2D eigenvalue weighted by Gasteiger charge is -2.28. The van der Waals surface area contributed by atoms with E-state index in [0.29, 0.717) is 11.3 Å². The quantitative estimate of drug-likeness (QED) is 0.203. The Hall–Kier alpha value is -2.94. The summed E-state index contributed by atoms with van der Waals surface area (Å²) in [5.41, 5.74) is -1.76. The number of aliphatic hydroxyl groups is 1. The number of fused-ring (bicyclic) bond motifs is 1. The molecule has 2 aromatic heterocycles. The van der Waals surface area contributed by atoms with E-state index in [9.17, 15) is 9.90 Å². The fourth-order valence-electron chi connectivity index (χ4n) is 4.17. The molecular formula is C25H34FN6O7PS. The summed E-state index contributed by atoms with van der Waals surface area (Å²) in [6.07, 6.45) is -3.12. The number of halogens is 1. The molecule has 13 nitrogen and oxygen atoms in total. The van der Waals surface area contributed by atoms with Gasteiger partial charge >= 0.3 is 12.6 Å². The number of rotatable bonds is 12. The third-order valence-corrected chi connectivity index (χ3v) is 8.71. The molecule has 224 valence electrons. The second-order valence-electron chi connectivity index (χ2n) is 9.79. The molecule has 1 saturated heterocycles. The summed E-state index contributed by atoms with van der Waals surface area (Å²) >= 11 is 5.71. The van der Waals surface area contributed by atoms with Crippen LogP contribution in [0.3, 0.4) is 0 Å². The highest BCUT2D eigenvalue weighted by Gasteiger charge is 2.56. The summed E-state index contributed by atoms with van der Waals surface area (Å²) in [6, 6.07) is 7.78. The lowest BCUT2D eigenvalue weighted by Crippen LogP contribution is -2.41. The summed E-state index contributed by atoms with van der Waals surface area (Å²) in [7, 11) is 3.06. The molecule has 16 heteroatoms. The monoisotopic (exact) mass is 612 g/mol. The van der Waals surface area contributed by atoms with Gasteiger partial charge in [0.25, 0.3) is 0 Å². The van der Waals surface area contributed by atoms with Gasteiger partial charge in [-0.25, -0.2) is 14.5 Å². The molecule has 1 aromatic carbocycles. The molecule has 0 aliphatic carbocycles. The maximum absolute atomic E-state index is 16.1. The number of para-hydroxylation sites is 1. The average Bonchev–Trinajstić information content (AvgIpc) is 3.44. The highest BCUT2D eigenvalue weighted by molar-refractivity contribution is 8.09. The van der Waals surface area contributed by atoms with Crippen molar-refractivity contribution in [1.82, 2.24) is 24.6 Å². The zero-order valence-electron chi connectivity index (χ0n) is 23.5. The number of alkyl halides is 1. The third kappa shape index (κ3) is 6.76. The lowest BCUT2D eigenvalue weighted by atomic mass is 9.98. The minimum absolute atomic E-state index is 0.187. The molecule has 6 unspecified atom stereocenters. The zero-order valence-corrected chi connectivity index (χ0v) is 25.2. The number of nitrogens with one attached hydrogen (secondary N) is 2. The molecule has 3 N–H and O–H groups in total. The Morgan fingerprint density at radius 3 is 2.63 bits per heavy atom. The molecule has 0 saturated carbocycles. The number of carbonyl (C=O) groups is 1. The SMILES string of the molecule is CNc1nc(OC)c2ncn(C3OC(COP(=S)(NC(C)C(=O)OC(C)C)Oc4ccccc4)C(O)C3(C)F)c2n1. The van der Waals surface area contributed by atoms with Gasteiger partial charge in [-0.05, 0) is 51.6 Å². The van der Waals surface area contributed by atoms with Crippen LogP contribution in [0.15, 0.2) is 36.7 Å². The van der Waals surface area contributed by atoms with E-state index in [1.165, 1.54) is 24.9 Å². The van der Waals surface area contributed by atoms with Gasteiger partial charge in [-0.3, -0.25) is 9.36 Å². The Bertz CT molecular complexity index is 1410. The van der Waals surface area contributed by atoms with Crippen LogP contribution in [0, 0.1) is 0 Å². The average molecular weight is 613 g/mol. The van der Waals surface area contributed by atoms with Gasteiger partial charge in [0.2, 0.25) is 11.8 Å². The number of anilines is 1. The van der Waals surface area contributed by atoms with Gasteiger partial charge in [0, 0.05) is 7.05 Å². The van der Waals surface area contributed by atoms with Crippen LogP contribution in [-0.2, 0) is 30.6 Å². The molecule has 4 rings (SSSR count). The largest absolute Gasteiger partial charge is 0.479 e. The summed E-state index contributed by atoms with van der Waals surface area (Å²) in [5.74, 6) is 0.262. The summed E-state index contributed by atoms with van der Waals surface area (Å²) < 4.78 is 46.0. The minimum Gasteiger partial charge on any atom is -0.479 e. The van der Waals surface area contributed by atoms with Crippen LogP contribution in [-0.4, -0.2) is 81.4 Å². The summed E-state index contributed by atoms with van der Waals surface area (Å²) in [6.45, 7) is 2.43. The van der Waals surface area contributed by atoms with Crippen molar-refractivity contribution in [2.24, 2.45) is 0 Å². The first-order valence-corrected chi connectivity index (χ1v) is 15.5. The smallest absolute Gasteiger partial charge is 0.323 e. The van der Waals surface area contributed by atoms with Crippen LogP contribution in [0.25, 0.3) is 11.2 Å². The van der Waals surface area contributed by atoms with Crippen molar-refractivity contribution in [2.75, 3.05) is 26.1 Å². The second kappa shape index (κ2) is 12.5. The number of benzene rings is 1. The van der Waals surface area contributed by atoms with Gasteiger partial charge in [-0.1, -0.05) is 18.2 Å². The number of carbonyl (C=O) groups excluding carboxylic acids is 1. The number of esters is 1. The van der Waals surface area contributed by atoms with E-state index >= 15 is 4.39 Å². The van der Waals surface area contributed by atoms with Crippen molar-refractivity contribution in [3.05, 3.63) is 36.7 Å². The Morgan fingerprint density at radius 1 is 1.29 bits per heavy atom. The van der Waals surface area contributed by atoms with E-state index in [2.05, 4.69) is 25.4 Å². The minimum atomic E-state index is -3.45. The molecule has 3 aromatic rings. The van der Waals surface area contributed by atoms with Gasteiger partial charge in [-0.2, -0.15) is 9.97 Å². The number of aliphatic hydroxyl groups excluding tert-OH is 1. The van der Waals surface area contributed by atoms with E-state index < -0.39 is 42.8 Å². The van der Waals surface area contributed by atoms with Crippen molar-refractivity contribution in [3.63, 3.8) is 0 Å². The van der Waals surface area contributed by atoms with Gasteiger partial charge in [0.1, 0.15) is 24.0 Å². The third-order valence-electron chi connectivity index (χ3n) is 6.21. The molecule has 0 spiro atoms. The summed E-state index contributed by atoms with van der Waals surface area (Å²) in [5, 5.41) is 16.7. The van der Waals surface area contributed by atoms with Gasteiger partial charge in [-0.15, -0.1) is 0 Å². The van der Waals surface area contributed by atoms with Crippen LogP contribution < -0.4 is 19.7 Å². The van der Waals surface area contributed by atoms with Crippen LogP contribution in [0.4, 0.5) is 10.3 Å². The molecule has 1 aliphatic heterocycles. The molecular weight excluding hydrogens is 578 g/mol. The Kier molecular flexibility index (Phi) is 9.46. The number of ether oxygens (including phenoxy) is 3. The van der Waals surface area contributed by atoms with E-state index in [1.807, 2.05) is 0 Å². The predicted molar refractivity (Wildman–Crippen MR) is 152 cm³/mol. The molecule has 3 heterocycles. The predicted octanol–water partition coefficient (Wildman–Crippen LogP) is 3.11. The van der Waals surface area contributed by atoms with Crippen molar-refractivity contribution >= 4 is 41.5 Å². The fourth-order valence-corrected chi connectivity index (χ4v) is 6.59. The fraction of sp³-hybridized carbons (Fsp3) is 0.520. The van der Waals surface area contributed by atoms with Crippen LogP contribution in [0.2, 0.25) is 0 Å². The number of hydrogen-bond acceptors (Lipinski definition) is 12. The molecule has 1 aliphatic rings. The lowest BCUT2D eigenvalue weighted by molar-refractivity contribution is -0.149. The maximum Gasteiger partial charge on any atom is 0.323 e. The van der Waals surface area contributed by atoms with Gasteiger partial charge in [0.15, 0.2) is 23.1 Å². The van der Waals surface area contributed by atoms with Gasteiger partial charge in [0.05, 0.1) is 26.1 Å². The van der Waals surface area contributed by atoms with Crippen LogP contribution in [0.5, 0.6) is 11.6 Å². The molecule has 41 heavy (non-hydrogen) atoms. The van der Waals surface area contributed by atoms with Gasteiger partial charge < -0.3 is 33.7 Å². The van der Waals surface area contributed by atoms with Crippen molar-refractivity contribution in [3.8, 4) is 11.6 Å². The number of nitrogens with zero attached hydrogens (tertiary/aromatic N) is 4. The van der Waals surface area contributed by atoms with E-state index in [-0.39, 0.29) is 30.2 Å². The molecule has 1 fully saturated rings. The maximum atomic E-state index is 16.1. The number of hydrogen-bond donors (Lipinski definition) is 3. The molecule has 0 amide bonds. The highest BCUT2D eigenvalue weighted by atomic mass is 32.5. The Morgan fingerprint density at radius 2 is 2.00 bits per heavy atom. The second-order valence-corrected chi connectivity index (χ2v) is 12.9. The number of imidazole rings is 1. The zero-order chi connectivity index (χ0) is 29.9. The van der Waals surface area contributed by atoms with Crippen LogP contribution >= 0.6 is 6.64 Å². The first kappa shape index (κ1) is 31.0. The van der Waals surface area contributed by atoms with Crippen molar-refractivity contribution < 1.29 is 37.5 Å². The Labute approximate surface area is 241 Å². The Balaban J connectivity index is 1.57. The van der Waals surface area contributed by atoms with Crippen LogP contribution in [0.1, 0.15) is 33.9 Å². The first-order valence-electron chi connectivity index (χ1n) is 12.8.